The van der Waals surface area contributed by atoms with Crippen LogP contribution in [0.5, 0.6) is 5.75 Å². The Kier molecular flexibility index (Phi) is 4.29. The van der Waals surface area contributed by atoms with Crippen molar-refractivity contribution in [3.8, 4) is 5.75 Å². The molecule has 0 radical (unpaired) electrons. The average Bonchev–Trinajstić information content (AvgIpc) is 2.17. The third-order valence-corrected chi connectivity index (χ3v) is 2.96. The van der Waals surface area contributed by atoms with Crippen LogP contribution in [0.2, 0.25) is 0 Å². The lowest BCUT2D eigenvalue weighted by Crippen LogP contribution is -2.08. The number of thioether (sulfide) groups is 1. The summed E-state index contributed by atoms with van der Waals surface area (Å²) in [6.45, 7) is 4.12. The molecule has 78 valence electrons. The Morgan fingerprint density at radius 1 is 1.50 bits per heavy atom. The molecule has 0 saturated heterocycles. The van der Waals surface area contributed by atoms with Gasteiger partial charge in [-0.05, 0) is 24.8 Å². The summed E-state index contributed by atoms with van der Waals surface area (Å²) >= 11 is 1.80. The molecule has 0 bridgehead atoms. The predicted molar refractivity (Wildman–Crippen MR) is 62.0 cm³/mol. The minimum atomic E-state index is 0.0141. The zero-order chi connectivity index (χ0) is 10.6. The molecule has 0 aliphatic rings. The van der Waals surface area contributed by atoms with Crippen LogP contribution in [-0.2, 0) is 0 Å². The van der Waals surface area contributed by atoms with E-state index in [1.807, 2.05) is 19.1 Å². The normalized spacial score (nSPS) is 12.6. The molecular formula is C11H17NOS. The highest BCUT2D eigenvalue weighted by molar-refractivity contribution is 7.99. The minimum absolute atomic E-state index is 0.0141. The topological polar surface area (TPSA) is 35.2 Å². The smallest absolute Gasteiger partial charge is 0.124 e. The van der Waals surface area contributed by atoms with Crippen LogP contribution in [-0.4, -0.2) is 12.9 Å². The van der Waals surface area contributed by atoms with E-state index in [0.29, 0.717) is 0 Å². The molecule has 2 N–H and O–H groups in total. The fourth-order valence-corrected chi connectivity index (χ4v) is 2.36. The highest BCUT2D eigenvalue weighted by atomic mass is 32.2. The first-order valence-electron chi connectivity index (χ1n) is 4.76. The SMILES string of the molecule is CCSc1cccc(OC)c1[C@H](C)N. The molecule has 0 saturated carbocycles. The second-order valence-corrected chi connectivity index (χ2v) is 4.40. The highest BCUT2D eigenvalue weighted by Crippen LogP contribution is 2.33. The first kappa shape index (κ1) is 11.4. The van der Waals surface area contributed by atoms with E-state index in [2.05, 4.69) is 13.0 Å². The van der Waals surface area contributed by atoms with Crippen molar-refractivity contribution in [3.63, 3.8) is 0 Å². The number of nitrogens with two attached hydrogens (primary N) is 1. The molecule has 1 aromatic carbocycles. The van der Waals surface area contributed by atoms with Crippen LogP contribution in [0.15, 0.2) is 23.1 Å². The Balaban J connectivity index is 3.14. The van der Waals surface area contributed by atoms with Crippen molar-refractivity contribution in [3.05, 3.63) is 23.8 Å². The summed E-state index contributed by atoms with van der Waals surface area (Å²) in [5, 5.41) is 0. The summed E-state index contributed by atoms with van der Waals surface area (Å²) in [7, 11) is 1.68. The van der Waals surface area contributed by atoms with E-state index in [1.165, 1.54) is 4.90 Å². The first-order chi connectivity index (χ1) is 6.70. The molecule has 0 unspecified atom stereocenters. The van der Waals surface area contributed by atoms with Crippen LogP contribution in [0.25, 0.3) is 0 Å². The number of hydrogen-bond donors (Lipinski definition) is 1. The Morgan fingerprint density at radius 2 is 2.21 bits per heavy atom. The molecule has 0 aliphatic carbocycles. The quantitative estimate of drug-likeness (QED) is 0.778. The molecule has 1 rings (SSSR count). The highest BCUT2D eigenvalue weighted by Gasteiger charge is 2.12. The van der Waals surface area contributed by atoms with Crippen LogP contribution >= 0.6 is 11.8 Å². The van der Waals surface area contributed by atoms with Crippen molar-refractivity contribution < 1.29 is 4.74 Å². The third-order valence-electron chi connectivity index (χ3n) is 2.00. The lowest BCUT2D eigenvalue weighted by molar-refractivity contribution is 0.405. The van der Waals surface area contributed by atoms with Crippen LogP contribution in [0.4, 0.5) is 0 Å². The Labute approximate surface area is 89.8 Å². The van der Waals surface area contributed by atoms with Crippen molar-refractivity contribution in [2.75, 3.05) is 12.9 Å². The molecule has 0 aromatic heterocycles. The van der Waals surface area contributed by atoms with Crippen LogP contribution in [0.1, 0.15) is 25.5 Å². The van der Waals surface area contributed by atoms with Gasteiger partial charge in [-0.25, -0.2) is 0 Å². The van der Waals surface area contributed by atoms with Crippen molar-refractivity contribution >= 4 is 11.8 Å². The fraction of sp³-hybridized carbons (Fsp3) is 0.455. The molecule has 0 heterocycles. The van der Waals surface area contributed by atoms with Gasteiger partial charge in [-0.2, -0.15) is 0 Å². The second kappa shape index (κ2) is 5.27. The number of methoxy groups -OCH3 is 1. The molecule has 0 aliphatic heterocycles. The fourth-order valence-electron chi connectivity index (χ4n) is 1.43. The van der Waals surface area contributed by atoms with E-state index in [-0.39, 0.29) is 6.04 Å². The Hall–Kier alpha value is -0.670. The summed E-state index contributed by atoms with van der Waals surface area (Å²) in [6, 6.07) is 6.07. The maximum absolute atomic E-state index is 5.93. The number of benzene rings is 1. The van der Waals surface area contributed by atoms with E-state index >= 15 is 0 Å². The molecule has 3 heteroatoms. The van der Waals surface area contributed by atoms with Crippen LogP contribution < -0.4 is 10.5 Å². The predicted octanol–water partition coefficient (Wildman–Crippen LogP) is 2.83. The molecule has 1 atom stereocenters. The van der Waals surface area contributed by atoms with Gasteiger partial charge in [0, 0.05) is 16.5 Å². The van der Waals surface area contributed by atoms with Crippen LogP contribution in [0.3, 0.4) is 0 Å². The first-order valence-corrected chi connectivity index (χ1v) is 5.74. The summed E-state index contributed by atoms with van der Waals surface area (Å²) in [5.74, 6) is 1.94. The molecular weight excluding hydrogens is 194 g/mol. The molecule has 0 amide bonds. The third kappa shape index (κ3) is 2.42. The number of hydrogen-bond acceptors (Lipinski definition) is 3. The Bertz CT molecular complexity index is 299. The summed E-state index contributed by atoms with van der Waals surface area (Å²) in [5.41, 5.74) is 7.04. The van der Waals surface area contributed by atoms with Crippen molar-refractivity contribution in [1.82, 2.24) is 0 Å². The van der Waals surface area contributed by atoms with Gasteiger partial charge in [0.2, 0.25) is 0 Å². The summed E-state index contributed by atoms with van der Waals surface area (Å²) in [4.78, 5) is 1.22. The van der Waals surface area contributed by atoms with Crippen molar-refractivity contribution in [2.45, 2.75) is 24.8 Å². The van der Waals surface area contributed by atoms with Gasteiger partial charge in [0.05, 0.1) is 7.11 Å². The van der Waals surface area contributed by atoms with E-state index < -0.39 is 0 Å². The van der Waals surface area contributed by atoms with E-state index in [9.17, 15) is 0 Å². The largest absolute Gasteiger partial charge is 0.496 e. The van der Waals surface area contributed by atoms with E-state index in [4.69, 9.17) is 10.5 Å². The Morgan fingerprint density at radius 3 is 2.71 bits per heavy atom. The summed E-state index contributed by atoms with van der Waals surface area (Å²) in [6.07, 6.45) is 0. The van der Waals surface area contributed by atoms with Gasteiger partial charge in [0.25, 0.3) is 0 Å². The lowest BCUT2D eigenvalue weighted by Gasteiger charge is -2.15. The van der Waals surface area contributed by atoms with Crippen molar-refractivity contribution in [2.24, 2.45) is 5.73 Å². The summed E-state index contributed by atoms with van der Waals surface area (Å²) < 4.78 is 5.30. The van der Waals surface area contributed by atoms with E-state index in [1.54, 1.807) is 18.9 Å². The van der Waals surface area contributed by atoms with Crippen LogP contribution in [0, 0.1) is 0 Å². The molecule has 0 fully saturated rings. The van der Waals surface area contributed by atoms with Gasteiger partial charge in [0.1, 0.15) is 5.75 Å². The number of rotatable bonds is 4. The average molecular weight is 211 g/mol. The maximum Gasteiger partial charge on any atom is 0.124 e. The van der Waals surface area contributed by atoms with Gasteiger partial charge in [-0.15, -0.1) is 11.8 Å². The number of ether oxygens (including phenoxy) is 1. The van der Waals surface area contributed by atoms with Gasteiger partial charge >= 0.3 is 0 Å². The van der Waals surface area contributed by atoms with Gasteiger partial charge in [-0.3, -0.25) is 0 Å². The lowest BCUT2D eigenvalue weighted by atomic mass is 10.1. The zero-order valence-electron chi connectivity index (χ0n) is 8.91. The zero-order valence-corrected chi connectivity index (χ0v) is 9.73. The van der Waals surface area contributed by atoms with Gasteiger partial charge in [-0.1, -0.05) is 13.0 Å². The second-order valence-electron chi connectivity index (χ2n) is 3.09. The molecule has 0 spiro atoms. The minimum Gasteiger partial charge on any atom is -0.496 e. The van der Waals surface area contributed by atoms with E-state index in [0.717, 1.165) is 17.1 Å². The standard InChI is InChI=1S/C11H17NOS/c1-4-14-10-7-5-6-9(13-3)11(10)8(2)12/h5-8H,4,12H2,1-3H3/t8-/m0/s1. The van der Waals surface area contributed by atoms with Crippen molar-refractivity contribution in [1.29, 1.82) is 0 Å². The molecule has 1 aromatic rings. The monoisotopic (exact) mass is 211 g/mol. The molecule has 14 heavy (non-hydrogen) atoms. The molecule has 2 nitrogen and oxygen atoms in total. The van der Waals surface area contributed by atoms with Gasteiger partial charge in [0.15, 0.2) is 0 Å². The maximum atomic E-state index is 5.93. The van der Waals surface area contributed by atoms with Gasteiger partial charge < -0.3 is 10.5 Å².